The summed E-state index contributed by atoms with van der Waals surface area (Å²) in [5.41, 5.74) is 1.08. The molecule has 0 saturated carbocycles. The predicted octanol–water partition coefficient (Wildman–Crippen LogP) is 26.8. The van der Waals surface area contributed by atoms with Gasteiger partial charge in [0.15, 0.2) is 53.9 Å². The van der Waals surface area contributed by atoms with Crippen LogP contribution in [0.4, 0.5) is 105 Å². The maximum Gasteiger partial charge on any atom is 0.439 e. The van der Waals surface area contributed by atoms with Gasteiger partial charge in [-0.05, 0) is 139 Å². The molecule has 0 fully saturated rings. The highest BCUT2D eigenvalue weighted by atomic mass is 32.1. The average Bonchev–Trinajstić information content (AvgIpc) is 0.840. The smallest absolute Gasteiger partial charge is 0.239 e. The molecule has 9 heterocycles. The molecule has 19 rings (SSSR count). The Morgan fingerprint density at radius 1 is 0.267 bits per heavy atom. The molecule has 0 spiro atoms. The molecule has 40 heteroatoms. The lowest BCUT2D eigenvalue weighted by atomic mass is 9.86. The summed E-state index contributed by atoms with van der Waals surface area (Å²) in [4.78, 5) is 21.5. The van der Waals surface area contributed by atoms with Crippen LogP contribution in [0.3, 0.4) is 0 Å². The predicted molar refractivity (Wildman–Crippen MR) is 531 cm³/mol. The van der Waals surface area contributed by atoms with Gasteiger partial charge in [0.25, 0.3) is 17.5 Å². The van der Waals surface area contributed by atoms with Crippen LogP contribution in [0.15, 0.2) is 91.0 Å². The van der Waals surface area contributed by atoms with Crippen LogP contribution in [0, 0.1) is 146 Å². The van der Waals surface area contributed by atoms with Crippen molar-refractivity contribution in [2.24, 2.45) is 49.3 Å². The number of alkyl halides is 13. The molecule has 0 amide bonds. The molecule has 0 aliphatic rings. The molecule has 0 bridgehead atoms. The van der Waals surface area contributed by atoms with E-state index in [-0.39, 0.29) is 82.0 Å². The number of benzene rings is 10. The molecule has 790 valence electrons. The van der Waals surface area contributed by atoms with E-state index in [2.05, 4.69) is 42.0 Å². The summed E-state index contributed by atoms with van der Waals surface area (Å²) in [6.45, 7) is 32.6. The van der Waals surface area contributed by atoms with E-state index in [4.69, 9.17) is 0 Å². The Morgan fingerprint density at radius 3 is 1.03 bits per heavy atom. The number of aromatic nitrogens is 14. The second-order valence-electron chi connectivity index (χ2n) is 36.5. The number of thiophene rings is 2. The van der Waals surface area contributed by atoms with Crippen LogP contribution in [-0.4, -0.2) is 47.5 Å². The first-order valence-corrected chi connectivity index (χ1v) is 49.3. The molecular formula is C110H107F24N14S2+7. The van der Waals surface area contributed by atoms with Crippen molar-refractivity contribution >= 4 is 151 Å². The third-order valence-corrected chi connectivity index (χ3v) is 29.7. The lowest BCUT2D eigenvalue weighted by Crippen LogP contribution is -2.51. The van der Waals surface area contributed by atoms with Crippen molar-refractivity contribution in [2.45, 2.75) is 207 Å². The summed E-state index contributed by atoms with van der Waals surface area (Å²) >= 11 is 1.09. The van der Waals surface area contributed by atoms with Gasteiger partial charge >= 0.3 is 30.4 Å². The summed E-state index contributed by atoms with van der Waals surface area (Å²) in [5, 5.41) is 9.32. The molecule has 0 aliphatic carbocycles. The number of fused-ring (bicyclic) bond motifs is 14. The van der Waals surface area contributed by atoms with Crippen LogP contribution in [0.5, 0.6) is 0 Å². The van der Waals surface area contributed by atoms with Crippen molar-refractivity contribution in [3.05, 3.63) is 278 Å². The summed E-state index contributed by atoms with van der Waals surface area (Å²) in [6, 6.07) is 24.6. The first-order chi connectivity index (χ1) is 70.1. The Kier molecular flexibility index (Phi) is 32.5. The van der Waals surface area contributed by atoms with Gasteiger partial charge in [-0.3, -0.25) is 0 Å². The molecule has 9 aromatic heterocycles. The van der Waals surface area contributed by atoms with Crippen molar-refractivity contribution in [3.63, 3.8) is 0 Å². The molecule has 0 saturated heterocycles. The van der Waals surface area contributed by atoms with Crippen LogP contribution in [0.2, 0.25) is 0 Å². The highest BCUT2D eigenvalue weighted by Gasteiger charge is 2.75. The highest BCUT2D eigenvalue weighted by Crippen LogP contribution is 2.57. The third kappa shape index (κ3) is 19.7. The SMILES string of the molecule is CCc1c(C)nc2c3c(F)c(F)sc3c(F)c(C)c2[n+]1C.CCc1c(C)nc2c3sc(F)c(F)c3c(F)c(C)c2[n+]1C.CCc1c2c(F)c(C)c(F)c(C)c2c(C(F)(F)F)n[n+]1C.CCc1c2c(F)c(C)c(F)c(C)c2c(C)n[n+]1C.CCc1c2cc3ccccc3c(C(F)(C(F)(F)F)C(F)(F)F)c2nc(C)[n+]1C.CCc1c2cc3ccccc3c(C(F)(F)F)c2nc(C)[n+]1C.CCc1c2cc3ccccc3c(F)c2nc(C)[n+]1C. The molecule has 0 aliphatic heterocycles. The summed E-state index contributed by atoms with van der Waals surface area (Å²) in [6.07, 6.45) is -17.5. The lowest BCUT2D eigenvalue weighted by molar-refractivity contribution is -0.737. The topological polar surface area (TPSA) is 117 Å². The largest absolute Gasteiger partial charge is 0.439 e. The molecular weight excluding hydrogens is 2040 g/mol. The monoisotopic (exact) mass is 2140 g/mol. The fourth-order valence-corrected chi connectivity index (χ4v) is 22.0. The van der Waals surface area contributed by atoms with E-state index in [1.165, 1.54) is 65.1 Å². The maximum absolute atomic E-state index is 15.2. The number of rotatable bonds is 8. The van der Waals surface area contributed by atoms with Gasteiger partial charge in [-0.15, -0.1) is 11.3 Å². The van der Waals surface area contributed by atoms with E-state index in [1.54, 1.807) is 103 Å². The van der Waals surface area contributed by atoms with Crippen LogP contribution < -0.4 is 32.2 Å². The fourth-order valence-electron chi connectivity index (χ4n) is 20.2. The van der Waals surface area contributed by atoms with Crippen LogP contribution >= 0.6 is 22.7 Å². The number of halogens is 24. The summed E-state index contributed by atoms with van der Waals surface area (Å²) in [5.74, 6) is -4.94. The highest BCUT2D eigenvalue weighted by molar-refractivity contribution is 7.18. The zero-order valence-electron chi connectivity index (χ0n) is 86.8. The van der Waals surface area contributed by atoms with E-state index < -0.39 is 120 Å². The fraction of sp³-hybridized carbons (Fsp3) is 0.345. The normalized spacial score (nSPS) is 12.1. The van der Waals surface area contributed by atoms with E-state index in [1.807, 2.05) is 118 Å². The standard InChI is InChI=1S/C19H16F7N2.C17H16F3N2.C16H16FN2.2C15H14F3N2S.C14H14F5N2.C14H17F2N2/c1-4-14-13-9-11-7-5-6-8-12(11)15(16(13)27-10(2)28(14)3)17(20,18(21,22)23)19(24,25)26;1-4-14-13-9-11-7-5-6-8-12(11)15(17(18,19)20)16(13)21-10(2)22(14)3;1-4-14-13-9-11-7-5-6-8-12(11)15(17)16(13)18-10(2)19(14)3;1-5-8-7(3)19-12-9-11(17)15(18)21-14(9)10(16)6(2)13(12)20(8)4;1-5-8-7(3)19-12-13(20(8)4)6(2)10(16)9-11(17)15(18)21-14(9)12;1-5-8-10-9(6(2)11(15)7(3)12(10)16)13(14(17,18)19)20-21(8)4;1-6-10-12-11(9(4)17-18(10)5)7(2)13(15)8(3)14(12)16/h5-9H,4H2,1-3H3;5-9H,4H2,1-3H3;5-9H,4H2,1-3H3;3*5H2,1-4H3;6H2,1-5H3/q7*+1. The van der Waals surface area contributed by atoms with Crippen molar-refractivity contribution in [1.29, 1.82) is 0 Å². The molecule has 19 aromatic rings. The third-order valence-electron chi connectivity index (χ3n) is 27.8. The van der Waals surface area contributed by atoms with Gasteiger partial charge in [-0.2, -0.15) is 70.6 Å². The molecule has 0 N–H and O–H groups in total. The van der Waals surface area contributed by atoms with Gasteiger partial charge < -0.3 is 0 Å². The average molecular weight is 2150 g/mol. The Hall–Kier alpha value is -13.4. The van der Waals surface area contributed by atoms with Crippen molar-refractivity contribution in [2.75, 3.05) is 0 Å². The number of hydrogen-bond donors (Lipinski definition) is 0. The second kappa shape index (κ2) is 42.8. The van der Waals surface area contributed by atoms with Gasteiger partial charge in [0.2, 0.25) is 55.3 Å². The minimum atomic E-state index is -6.22. The minimum absolute atomic E-state index is 0.00820. The Bertz CT molecular complexity index is 8720. The van der Waals surface area contributed by atoms with Crippen LogP contribution in [-0.2, 0) is 112 Å². The Labute approximate surface area is 854 Å². The minimum Gasteiger partial charge on any atom is -0.239 e. The van der Waals surface area contributed by atoms with E-state index in [9.17, 15) is 101 Å². The zero-order chi connectivity index (χ0) is 111. The molecule has 0 unspecified atom stereocenters. The first-order valence-electron chi connectivity index (χ1n) is 47.6. The number of aryl methyl sites for hydroxylation is 19. The van der Waals surface area contributed by atoms with Crippen LogP contribution in [0.1, 0.15) is 173 Å². The molecule has 10 aromatic carbocycles. The first kappa shape index (κ1) is 114. The summed E-state index contributed by atoms with van der Waals surface area (Å²) in [7, 11) is 12.2. The maximum atomic E-state index is 15.2. The summed E-state index contributed by atoms with van der Waals surface area (Å²) < 4.78 is 344. The van der Waals surface area contributed by atoms with Crippen molar-refractivity contribution < 1.29 is 138 Å². The van der Waals surface area contributed by atoms with Gasteiger partial charge in [-0.1, -0.05) is 142 Å². The lowest BCUT2D eigenvalue weighted by Gasteiger charge is -2.31. The molecule has 150 heavy (non-hydrogen) atoms. The molecule has 0 atom stereocenters. The Morgan fingerprint density at radius 2 is 0.607 bits per heavy atom. The van der Waals surface area contributed by atoms with E-state index in [0.717, 1.165) is 86.5 Å². The second-order valence-corrected chi connectivity index (χ2v) is 38.4. The van der Waals surface area contributed by atoms with Gasteiger partial charge in [0.1, 0.15) is 88.4 Å². The van der Waals surface area contributed by atoms with Crippen LogP contribution in [0.25, 0.3) is 129 Å². The van der Waals surface area contributed by atoms with Crippen molar-refractivity contribution in [3.8, 4) is 0 Å². The Balaban J connectivity index is 0.000000146. The number of hydrogen-bond acceptors (Lipinski definition) is 9. The quantitative estimate of drug-likeness (QED) is 0.0845. The number of nitrogens with zero attached hydrogens (tertiary/aromatic N) is 14. The molecule has 0 radical (unpaired) electrons. The zero-order valence-corrected chi connectivity index (χ0v) is 88.4. The van der Waals surface area contributed by atoms with E-state index >= 15 is 4.39 Å². The molecule has 14 nitrogen and oxygen atoms in total. The van der Waals surface area contributed by atoms with Gasteiger partial charge in [-0.25, -0.2) is 67.6 Å². The van der Waals surface area contributed by atoms with Crippen molar-refractivity contribution in [1.82, 2.24) is 35.1 Å². The van der Waals surface area contributed by atoms with E-state index in [0.29, 0.717) is 136 Å². The van der Waals surface area contributed by atoms with Gasteiger partial charge in [0, 0.05) is 98.1 Å². The van der Waals surface area contributed by atoms with Gasteiger partial charge in [0.05, 0.1) is 84.9 Å².